The Morgan fingerprint density at radius 2 is 2.05 bits per heavy atom. The summed E-state index contributed by atoms with van der Waals surface area (Å²) in [6, 6.07) is 12.3. The molecule has 0 aliphatic carbocycles. The number of nitrogens with two attached hydrogens (primary N) is 1. The normalized spacial score (nSPS) is 10.5. The molecule has 1 aromatic heterocycles. The molecule has 21 heavy (non-hydrogen) atoms. The SMILES string of the molecule is Nc1ccc(C(=O)Nc2cccc3cnccc23)c(Cl)c1. The highest BCUT2D eigenvalue weighted by Gasteiger charge is 2.12. The Labute approximate surface area is 126 Å². The summed E-state index contributed by atoms with van der Waals surface area (Å²) in [5, 5.41) is 5.08. The van der Waals surface area contributed by atoms with E-state index < -0.39 is 0 Å². The number of aromatic nitrogens is 1. The van der Waals surface area contributed by atoms with Crippen LogP contribution in [0.5, 0.6) is 0 Å². The highest BCUT2D eigenvalue weighted by Crippen LogP contribution is 2.25. The van der Waals surface area contributed by atoms with Crippen molar-refractivity contribution in [3.63, 3.8) is 0 Å². The van der Waals surface area contributed by atoms with Gasteiger partial charge in [-0.15, -0.1) is 0 Å². The molecule has 104 valence electrons. The fraction of sp³-hybridized carbons (Fsp3) is 0. The highest BCUT2D eigenvalue weighted by atomic mass is 35.5. The summed E-state index contributed by atoms with van der Waals surface area (Å²) in [5.41, 5.74) is 7.25. The highest BCUT2D eigenvalue weighted by molar-refractivity contribution is 6.34. The third kappa shape index (κ3) is 2.66. The van der Waals surface area contributed by atoms with E-state index in [0.717, 1.165) is 10.8 Å². The number of fused-ring (bicyclic) bond motifs is 1. The molecular weight excluding hydrogens is 286 g/mol. The average Bonchev–Trinajstić information content (AvgIpc) is 2.47. The minimum atomic E-state index is -0.274. The van der Waals surface area contributed by atoms with Crippen molar-refractivity contribution in [3.05, 3.63) is 65.4 Å². The molecule has 5 heteroatoms. The summed E-state index contributed by atoms with van der Waals surface area (Å²) in [7, 11) is 0. The standard InChI is InChI=1S/C16H12ClN3O/c17-14-8-11(18)4-5-13(14)16(21)20-15-3-1-2-10-9-19-7-6-12(10)15/h1-9H,18H2,(H,20,21). The zero-order valence-electron chi connectivity index (χ0n) is 11.0. The molecule has 0 saturated heterocycles. The van der Waals surface area contributed by atoms with Gasteiger partial charge in [0.25, 0.3) is 5.91 Å². The predicted molar refractivity (Wildman–Crippen MR) is 85.6 cm³/mol. The Hall–Kier alpha value is -2.59. The summed E-state index contributed by atoms with van der Waals surface area (Å²) in [6.07, 6.45) is 3.44. The molecule has 4 nitrogen and oxygen atoms in total. The topological polar surface area (TPSA) is 68.0 Å². The molecule has 0 fully saturated rings. The number of nitrogen functional groups attached to an aromatic ring is 1. The van der Waals surface area contributed by atoms with Gasteiger partial charge in [0, 0.05) is 34.5 Å². The maximum absolute atomic E-state index is 12.3. The monoisotopic (exact) mass is 297 g/mol. The number of rotatable bonds is 2. The molecule has 3 rings (SSSR count). The Balaban J connectivity index is 1.97. The molecule has 0 aliphatic heterocycles. The van der Waals surface area contributed by atoms with Gasteiger partial charge in [0.2, 0.25) is 0 Å². The molecule has 1 amide bonds. The number of carbonyl (C=O) groups excluding carboxylic acids is 1. The van der Waals surface area contributed by atoms with Crippen LogP contribution in [-0.4, -0.2) is 10.9 Å². The summed E-state index contributed by atoms with van der Waals surface area (Å²) in [4.78, 5) is 16.4. The van der Waals surface area contributed by atoms with Crippen molar-refractivity contribution in [1.82, 2.24) is 4.98 Å². The summed E-state index contributed by atoms with van der Waals surface area (Å²) < 4.78 is 0. The Bertz CT molecular complexity index is 827. The number of hydrogen-bond donors (Lipinski definition) is 2. The van der Waals surface area contributed by atoms with E-state index in [1.165, 1.54) is 0 Å². The van der Waals surface area contributed by atoms with Crippen LogP contribution in [0.25, 0.3) is 10.8 Å². The number of benzene rings is 2. The molecule has 0 bridgehead atoms. The number of hydrogen-bond acceptors (Lipinski definition) is 3. The first-order valence-corrected chi connectivity index (χ1v) is 6.72. The average molecular weight is 298 g/mol. The zero-order chi connectivity index (χ0) is 14.8. The molecule has 3 aromatic rings. The second kappa shape index (κ2) is 5.42. The van der Waals surface area contributed by atoms with Crippen LogP contribution in [0, 0.1) is 0 Å². The lowest BCUT2D eigenvalue weighted by atomic mass is 10.1. The van der Waals surface area contributed by atoms with E-state index in [4.69, 9.17) is 17.3 Å². The molecule has 0 unspecified atom stereocenters. The van der Waals surface area contributed by atoms with E-state index in [0.29, 0.717) is 22.0 Å². The fourth-order valence-electron chi connectivity index (χ4n) is 2.14. The molecule has 2 aromatic carbocycles. The fourth-order valence-corrected chi connectivity index (χ4v) is 2.41. The Morgan fingerprint density at radius 3 is 2.86 bits per heavy atom. The quantitative estimate of drug-likeness (QED) is 0.708. The van der Waals surface area contributed by atoms with Gasteiger partial charge in [0.1, 0.15) is 0 Å². The van der Waals surface area contributed by atoms with Crippen molar-refractivity contribution in [2.24, 2.45) is 0 Å². The first kappa shape index (κ1) is 13.4. The zero-order valence-corrected chi connectivity index (χ0v) is 11.8. The first-order valence-electron chi connectivity index (χ1n) is 6.34. The smallest absolute Gasteiger partial charge is 0.257 e. The van der Waals surface area contributed by atoms with Gasteiger partial charge in [-0.05, 0) is 30.3 Å². The van der Waals surface area contributed by atoms with Crippen LogP contribution in [-0.2, 0) is 0 Å². The molecular formula is C16H12ClN3O. The van der Waals surface area contributed by atoms with Gasteiger partial charge in [-0.2, -0.15) is 0 Å². The number of anilines is 2. The molecule has 3 N–H and O–H groups in total. The van der Waals surface area contributed by atoms with E-state index in [-0.39, 0.29) is 5.91 Å². The van der Waals surface area contributed by atoms with Crippen molar-refractivity contribution in [3.8, 4) is 0 Å². The van der Waals surface area contributed by atoms with Crippen molar-refractivity contribution in [2.75, 3.05) is 11.1 Å². The van der Waals surface area contributed by atoms with Gasteiger partial charge in [0.05, 0.1) is 10.6 Å². The number of pyridine rings is 1. The lowest BCUT2D eigenvalue weighted by Crippen LogP contribution is -2.12. The van der Waals surface area contributed by atoms with E-state index in [1.807, 2.05) is 24.3 Å². The van der Waals surface area contributed by atoms with Crippen LogP contribution in [0.4, 0.5) is 11.4 Å². The Morgan fingerprint density at radius 1 is 1.19 bits per heavy atom. The van der Waals surface area contributed by atoms with Gasteiger partial charge < -0.3 is 11.1 Å². The van der Waals surface area contributed by atoms with E-state index >= 15 is 0 Å². The molecule has 0 saturated carbocycles. The van der Waals surface area contributed by atoms with Crippen molar-refractivity contribution >= 4 is 39.7 Å². The number of amides is 1. The van der Waals surface area contributed by atoms with Crippen LogP contribution >= 0.6 is 11.6 Å². The summed E-state index contributed by atoms with van der Waals surface area (Å²) in [5.74, 6) is -0.274. The maximum atomic E-state index is 12.3. The van der Waals surface area contributed by atoms with E-state index in [9.17, 15) is 4.79 Å². The van der Waals surface area contributed by atoms with Crippen molar-refractivity contribution < 1.29 is 4.79 Å². The van der Waals surface area contributed by atoms with Crippen LogP contribution in [0.2, 0.25) is 5.02 Å². The van der Waals surface area contributed by atoms with Crippen LogP contribution in [0.15, 0.2) is 54.9 Å². The molecule has 0 aliphatic rings. The second-order valence-corrected chi connectivity index (χ2v) is 5.00. The third-order valence-corrected chi connectivity index (χ3v) is 3.48. The molecule has 0 radical (unpaired) electrons. The van der Waals surface area contributed by atoms with E-state index in [1.54, 1.807) is 30.6 Å². The summed E-state index contributed by atoms with van der Waals surface area (Å²) in [6.45, 7) is 0. The molecule has 1 heterocycles. The van der Waals surface area contributed by atoms with Gasteiger partial charge in [-0.3, -0.25) is 9.78 Å². The number of carbonyl (C=O) groups is 1. The number of nitrogens with zero attached hydrogens (tertiary/aromatic N) is 1. The number of nitrogens with one attached hydrogen (secondary N) is 1. The maximum Gasteiger partial charge on any atom is 0.257 e. The Kier molecular flexibility index (Phi) is 3.46. The third-order valence-electron chi connectivity index (χ3n) is 3.17. The number of halogens is 1. The minimum Gasteiger partial charge on any atom is -0.399 e. The van der Waals surface area contributed by atoms with E-state index in [2.05, 4.69) is 10.3 Å². The van der Waals surface area contributed by atoms with Gasteiger partial charge in [-0.25, -0.2) is 0 Å². The largest absolute Gasteiger partial charge is 0.399 e. The first-order chi connectivity index (χ1) is 10.1. The molecule has 0 atom stereocenters. The lowest BCUT2D eigenvalue weighted by Gasteiger charge is -2.09. The van der Waals surface area contributed by atoms with Crippen molar-refractivity contribution in [2.45, 2.75) is 0 Å². The predicted octanol–water partition coefficient (Wildman–Crippen LogP) is 3.72. The van der Waals surface area contributed by atoms with Gasteiger partial charge in [0.15, 0.2) is 0 Å². The van der Waals surface area contributed by atoms with Gasteiger partial charge >= 0.3 is 0 Å². The van der Waals surface area contributed by atoms with Crippen molar-refractivity contribution in [1.29, 1.82) is 0 Å². The lowest BCUT2D eigenvalue weighted by molar-refractivity contribution is 0.102. The second-order valence-electron chi connectivity index (χ2n) is 4.60. The van der Waals surface area contributed by atoms with Crippen LogP contribution in [0.3, 0.4) is 0 Å². The van der Waals surface area contributed by atoms with Crippen LogP contribution in [0.1, 0.15) is 10.4 Å². The van der Waals surface area contributed by atoms with Crippen LogP contribution < -0.4 is 11.1 Å². The van der Waals surface area contributed by atoms with Gasteiger partial charge in [-0.1, -0.05) is 23.7 Å². The minimum absolute atomic E-state index is 0.274. The molecule has 0 spiro atoms. The summed E-state index contributed by atoms with van der Waals surface area (Å²) >= 11 is 6.06.